The molecule has 2 aromatic rings. The van der Waals surface area contributed by atoms with Crippen molar-refractivity contribution in [3.63, 3.8) is 0 Å². The molecule has 0 N–H and O–H groups in total. The standard InChI is InChI=1S/C18H27N5O2/c1-5-22-9-7-8-13(22)12-23(6-2)18(24)15-10-19-17-14(16(15)25-4)11-20-21(17)3/h10-11,13H,5-9,12H2,1-4H3. The van der Waals surface area contributed by atoms with Crippen LogP contribution in [0.3, 0.4) is 0 Å². The number of methoxy groups -OCH3 is 1. The van der Waals surface area contributed by atoms with E-state index in [0.29, 0.717) is 29.5 Å². The van der Waals surface area contributed by atoms with E-state index in [0.717, 1.165) is 31.4 Å². The SMILES string of the molecule is CCN(CC1CCCN1CC)C(=O)c1cnc2c(cnn2C)c1OC. The third kappa shape index (κ3) is 3.20. The lowest BCUT2D eigenvalue weighted by molar-refractivity contribution is 0.0714. The fourth-order valence-corrected chi connectivity index (χ4v) is 3.74. The number of rotatable bonds is 6. The zero-order valence-electron chi connectivity index (χ0n) is 15.5. The molecule has 1 aliphatic rings. The van der Waals surface area contributed by atoms with Gasteiger partial charge in [-0.15, -0.1) is 0 Å². The number of carbonyl (C=O) groups is 1. The highest BCUT2D eigenvalue weighted by Crippen LogP contribution is 2.29. The highest BCUT2D eigenvalue weighted by molar-refractivity contribution is 6.01. The van der Waals surface area contributed by atoms with Gasteiger partial charge in [-0.3, -0.25) is 14.4 Å². The van der Waals surface area contributed by atoms with E-state index >= 15 is 0 Å². The lowest BCUT2D eigenvalue weighted by Crippen LogP contribution is -2.43. The van der Waals surface area contributed by atoms with Gasteiger partial charge in [-0.25, -0.2) is 4.98 Å². The summed E-state index contributed by atoms with van der Waals surface area (Å²) in [6, 6.07) is 0.440. The molecule has 7 heteroatoms. The summed E-state index contributed by atoms with van der Waals surface area (Å²) >= 11 is 0. The van der Waals surface area contributed by atoms with Crippen LogP contribution in [0.2, 0.25) is 0 Å². The van der Waals surface area contributed by atoms with Gasteiger partial charge in [0.05, 0.1) is 18.7 Å². The van der Waals surface area contributed by atoms with Gasteiger partial charge in [0.15, 0.2) is 5.65 Å². The summed E-state index contributed by atoms with van der Waals surface area (Å²) in [6.45, 7) is 7.77. The highest BCUT2D eigenvalue weighted by Gasteiger charge is 2.28. The molecule has 0 radical (unpaired) electrons. The first kappa shape index (κ1) is 17.7. The molecule has 136 valence electrons. The molecule has 0 bridgehead atoms. The van der Waals surface area contributed by atoms with Crippen LogP contribution < -0.4 is 4.74 Å². The number of nitrogens with zero attached hydrogens (tertiary/aromatic N) is 5. The van der Waals surface area contributed by atoms with Gasteiger partial charge in [-0.1, -0.05) is 6.92 Å². The van der Waals surface area contributed by atoms with Gasteiger partial charge in [0.1, 0.15) is 11.3 Å². The minimum atomic E-state index is -0.0273. The van der Waals surface area contributed by atoms with Crippen molar-refractivity contribution in [1.82, 2.24) is 24.6 Å². The zero-order chi connectivity index (χ0) is 18.0. The van der Waals surface area contributed by atoms with Gasteiger partial charge in [0.2, 0.25) is 0 Å². The number of ether oxygens (including phenoxy) is 1. The van der Waals surface area contributed by atoms with Crippen molar-refractivity contribution in [2.75, 3.05) is 33.3 Å². The second-order valence-electron chi connectivity index (χ2n) is 6.48. The Labute approximate surface area is 148 Å². The third-order valence-corrected chi connectivity index (χ3v) is 5.15. The zero-order valence-corrected chi connectivity index (χ0v) is 15.5. The normalized spacial score (nSPS) is 18.0. The molecule has 7 nitrogen and oxygen atoms in total. The van der Waals surface area contributed by atoms with Gasteiger partial charge in [0.25, 0.3) is 5.91 Å². The van der Waals surface area contributed by atoms with Crippen LogP contribution in [0.4, 0.5) is 0 Å². The number of aryl methyl sites for hydroxylation is 1. The summed E-state index contributed by atoms with van der Waals surface area (Å²) in [5, 5.41) is 4.98. The predicted molar refractivity (Wildman–Crippen MR) is 96.9 cm³/mol. The Hall–Kier alpha value is -2.15. The summed E-state index contributed by atoms with van der Waals surface area (Å²) in [5.41, 5.74) is 1.22. The molecule has 1 fully saturated rings. The van der Waals surface area contributed by atoms with Crippen molar-refractivity contribution in [2.45, 2.75) is 32.7 Å². The molecular weight excluding hydrogens is 318 g/mol. The first-order valence-corrected chi connectivity index (χ1v) is 8.98. The van der Waals surface area contributed by atoms with E-state index in [9.17, 15) is 4.79 Å². The Bertz CT molecular complexity index is 757. The van der Waals surface area contributed by atoms with Crippen LogP contribution >= 0.6 is 0 Å². The van der Waals surface area contributed by atoms with E-state index < -0.39 is 0 Å². The molecule has 1 aliphatic heterocycles. The second kappa shape index (κ2) is 7.39. The van der Waals surface area contributed by atoms with E-state index in [4.69, 9.17) is 4.74 Å². The number of amides is 1. The highest BCUT2D eigenvalue weighted by atomic mass is 16.5. The largest absolute Gasteiger partial charge is 0.495 e. The predicted octanol–water partition coefficient (Wildman–Crippen LogP) is 1.92. The summed E-state index contributed by atoms with van der Waals surface area (Å²) in [4.78, 5) is 21.9. The van der Waals surface area contributed by atoms with Gasteiger partial charge in [0, 0.05) is 32.4 Å². The topological polar surface area (TPSA) is 63.5 Å². The van der Waals surface area contributed by atoms with Crippen molar-refractivity contribution in [2.24, 2.45) is 7.05 Å². The average Bonchev–Trinajstić information content (AvgIpc) is 3.24. The molecule has 2 aromatic heterocycles. The maximum atomic E-state index is 13.1. The fourth-order valence-electron chi connectivity index (χ4n) is 3.74. The summed E-state index contributed by atoms with van der Waals surface area (Å²) in [5.74, 6) is 0.529. The number of carbonyl (C=O) groups excluding carboxylic acids is 1. The van der Waals surface area contributed by atoms with Crippen LogP contribution in [0.5, 0.6) is 5.75 Å². The minimum Gasteiger partial charge on any atom is -0.495 e. The number of hydrogen-bond acceptors (Lipinski definition) is 5. The van der Waals surface area contributed by atoms with Crippen LogP contribution in [0.1, 0.15) is 37.0 Å². The molecule has 0 aromatic carbocycles. The summed E-state index contributed by atoms with van der Waals surface area (Å²) < 4.78 is 7.23. The van der Waals surface area contributed by atoms with Crippen LogP contribution in [0, 0.1) is 0 Å². The van der Waals surface area contributed by atoms with E-state index in [1.54, 1.807) is 24.2 Å². The van der Waals surface area contributed by atoms with Crippen molar-refractivity contribution in [1.29, 1.82) is 0 Å². The Balaban J connectivity index is 1.89. The molecule has 0 aliphatic carbocycles. The molecular formula is C18H27N5O2. The second-order valence-corrected chi connectivity index (χ2v) is 6.48. The lowest BCUT2D eigenvalue weighted by atomic mass is 10.1. The average molecular weight is 345 g/mol. The van der Waals surface area contributed by atoms with E-state index in [-0.39, 0.29) is 5.91 Å². The fraction of sp³-hybridized carbons (Fsp3) is 0.611. The van der Waals surface area contributed by atoms with Crippen LogP contribution in [0.25, 0.3) is 11.0 Å². The third-order valence-electron chi connectivity index (χ3n) is 5.15. The Morgan fingerprint density at radius 2 is 2.20 bits per heavy atom. The number of hydrogen-bond donors (Lipinski definition) is 0. The van der Waals surface area contributed by atoms with Crippen LogP contribution in [0.15, 0.2) is 12.4 Å². The molecule has 3 heterocycles. The minimum absolute atomic E-state index is 0.0273. The van der Waals surface area contributed by atoms with E-state index in [1.807, 2.05) is 18.9 Å². The molecule has 1 atom stereocenters. The number of likely N-dealkylation sites (tertiary alicyclic amines) is 1. The molecule has 1 saturated heterocycles. The molecule has 1 unspecified atom stereocenters. The lowest BCUT2D eigenvalue weighted by Gasteiger charge is -2.30. The summed E-state index contributed by atoms with van der Waals surface area (Å²) in [7, 11) is 3.42. The molecule has 25 heavy (non-hydrogen) atoms. The monoisotopic (exact) mass is 345 g/mol. The maximum absolute atomic E-state index is 13.1. The quantitative estimate of drug-likeness (QED) is 0.800. The first-order valence-electron chi connectivity index (χ1n) is 8.98. The Kier molecular flexibility index (Phi) is 5.22. The smallest absolute Gasteiger partial charge is 0.259 e. The van der Waals surface area contributed by atoms with Gasteiger partial charge >= 0.3 is 0 Å². The van der Waals surface area contributed by atoms with Crippen LogP contribution in [-0.2, 0) is 7.05 Å². The maximum Gasteiger partial charge on any atom is 0.259 e. The number of aromatic nitrogens is 3. The Morgan fingerprint density at radius 1 is 1.40 bits per heavy atom. The molecule has 1 amide bonds. The van der Waals surface area contributed by atoms with Gasteiger partial charge in [-0.2, -0.15) is 5.10 Å². The number of likely N-dealkylation sites (N-methyl/N-ethyl adjacent to an activating group) is 2. The van der Waals surface area contributed by atoms with E-state index in [1.165, 1.54) is 6.42 Å². The number of pyridine rings is 1. The van der Waals surface area contributed by atoms with Crippen molar-refractivity contribution in [3.05, 3.63) is 18.0 Å². The van der Waals surface area contributed by atoms with Crippen LogP contribution in [-0.4, -0.2) is 69.8 Å². The van der Waals surface area contributed by atoms with Crippen molar-refractivity contribution >= 4 is 16.9 Å². The van der Waals surface area contributed by atoms with Gasteiger partial charge < -0.3 is 9.64 Å². The Morgan fingerprint density at radius 3 is 2.88 bits per heavy atom. The van der Waals surface area contributed by atoms with E-state index in [2.05, 4.69) is 21.9 Å². The molecule has 0 saturated carbocycles. The first-order chi connectivity index (χ1) is 12.1. The summed E-state index contributed by atoms with van der Waals surface area (Å²) in [6.07, 6.45) is 5.66. The van der Waals surface area contributed by atoms with Gasteiger partial charge in [-0.05, 0) is 32.9 Å². The van der Waals surface area contributed by atoms with Crippen molar-refractivity contribution in [3.8, 4) is 5.75 Å². The van der Waals surface area contributed by atoms with Crippen molar-refractivity contribution < 1.29 is 9.53 Å². The number of fused-ring (bicyclic) bond motifs is 1. The molecule has 0 spiro atoms. The molecule has 3 rings (SSSR count).